The van der Waals surface area contributed by atoms with Gasteiger partial charge in [0.2, 0.25) is 5.95 Å². The van der Waals surface area contributed by atoms with Gasteiger partial charge in [-0.25, -0.2) is 9.97 Å². The molecule has 0 radical (unpaired) electrons. The summed E-state index contributed by atoms with van der Waals surface area (Å²) < 4.78 is 5.39. The Morgan fingerprint density at radius 1 is 1.00 bits per heavy atom. The Kier molecular flexibility index (Phi) is 6.94. The Labute approximate surface area is 205 Å². The number of ether oxygens (including phenoxy) is 1. The summed E-state index contributed by atoms with van der Waals surface area (Å²) in [5.74, 6) is 2.40. The number of nitrogens with zero attached hydrogens (tertiary/aromatic N) is 5. The van der Waals surface area contributed by atoms with E-state index in [-0.39, 0.29) is 18.0 Å². The molecule has 1 saturated carbocycles. The zero-order chi connectivity index (χ0) is 24.2. The monoisotopic (exact) mass is 475 g/mol. The molecule has 1 saturated heterocycles. The lowest BCUT2D eigenvalue weighted by atomic mass is 9.91. The maximum atomic E-state index is 12.8. The molecule has 2 N–H and O–H groups in total. The summed E-state index contributed by atoms with van der Waals surface area (Å²) in [6, 6.07) is 12.3. The van der Waals surface area contributed by atoms with E-state index in [4.69, 9.17) is 14.7 Å². The van der Waals surface area contributed by atoms with Crippen molar-refractivity contribution in [1.29, 1.82) is 0 Å². The number of carbonyl (C=O) groups excluding carboxylic acids is 1. The van der Waals surface area contributed by atoms with Crippen molar-refractivity contribution >= 4 is 34.4 Å². The number of benzene rings is 1. The summed E-state index contributed by atoms with van der Waals surface area (Å²) in [7, 11) is 4.00. The van der Waals surface area contributed by atoms with Gasteiger partial charge in [0.05, 0.1) is 24.3 Å². The van der Waals surface area contributed by atoms with E-state index in [2.05, 4.69) is 20.5 Å². The molecule has 0 bridgehead atoms. The van der Waals surface area contributed by atoms with Crippen molar-refractivity contribution in [3.63, 3.8) is 0 Å². The first-order chi connectivity index (χ1) is 17.1. The molecule has 1 aliphatic heterocycles. The van der Waals surface area contributed by atoms with Crippen LogP contribution in [0.25, 0.3) is 10.9 Å². The molecular formula is C26H33N7O2. The van der Waals surface area contributed by atoms with E-state index in [9.17, 15) is 4.79 Å². The summed E-state index contributed by atoms with van der Waals surface area (Å²) in [5, 5.41) is 7.76. The topological polar surface area (TPSA) is 95.5 Å². The van der Waals surface area contributed by atoms with Gasteiger partial charge in [-0.2, -0.15) is 4.98 Å². The number of fused-ring (bicyclic) bond motifs is 1. The van der Waals surface area contributed by atoms with Crippen LogP contribution >= 0.6 is 0 Å². The number of para-hydroxylation sites is 1. The second kappa shape index (κ2) is 10.4. The minimum absolute atomic E-state index is 0.0593. The van der Waals surface area contributed by atoms with E-state index in [1.165, 1.54) is 0 Å². The van der Waals surface area contributed by atoms with Crippen molar-refractivity contribution in [2.45, 2.75) is 37.8 Å². The molecular weight excluding hydrogens is 442 g/mol. The Hall–Kier alpha value is -3.46. The van der Waals surface area contributed by atoms with Gasteiger partial charge in [0.25, 0.3) is 5.91 Å². The van der Waals surface area contributed by atoms with E-state index >= 15 is 0 Å². The van der Waals surface area contributed by atoms with Crippen molar-refractivity contribution < 1.29 is 9.53 Å². The van der Waals surface area contributed by atoms with Gasteiger partial charge in [-0.15, -0.1) is 0 Å². The molecule has 3 heterocycles. The highest BCUT2D eigenvalue weighted by Gasteiger charge is 2.24. The Morgan fingerprint density at radius 3 is 2.46 bits per heavy atom. The number of pyridine rings is 1. The largest absolute Gasteiger partial charge is 0.378 e. The highest BCUT2D eigenvalue weighted by Crippen LogP contribution is 2.26. The first-order valence-electron chi connectivity index (χ1n) is 12.4. The first-order valence-corrected chi connectivity index (χ1v) is 12.4. The van der Waals surface area contributed by atoms with Gasteiger partial charge in [-0.05, 0) is 49.9 Å². The quantitative estimate of drug-likeness (QED) is 0.562. The Morgan fingerprint density at radius 2 is 1.74 bits per heavy atom. The van der Waals surface area contributed by atoms with Crippen LogP contribution in [0.3, 0.4) is 0 Å². The summed E-state index contributed by atoms with van der Waals surface area (Å²) in [4.78, 5) is 31.0. The van der Waals surface area contributed by atoms with Crippen LogP contribution in [0, 0.1) is 0 Å². The Balaban J connectivity index is 1.15. The van der Waals surface area contributed by atoms with E-state index < -0.39 is 0 Å². The molecule has 0 spiro atoms. The van der Waals surface area contributed by atoms with Crippen molar-refractivity contribution in [2.75, 3.05) is 55.5 Å². The molecule has 184 valence electrons. The predicted molar refractivity (Wildman–Crippen MR) is 138 cm³/mol. The van der Waals surface area contributed by atoms with Crippen molar-refractivity contribution in [3.05, 3.63) is 48.2 Å². The fraction of sp³-hybridized carbons (Fsp3) is 0.462. The van der Waals surface area contributed by atoms with Crippen molar-refractivity contribution in [1.82, 2.24) is 20.3 Å². The van der Waals surface area contributed by atoms with E-state index in [0.717, 1.165) is 61.3 Å². The number of carbonyl (C=O) groups is 1. The number of nitrogens with one attached hydrogen (secondary N) is 2. The van der Waals surface area contributed by atoms with Crippen LogP contribution in [0.5, 0.6) is 0 Å². The molecule has 3 aromatic rings. The number of hydrogen-bond donors (Lipinski definition) is 2. The van der Waals surface area contributed by atoms with Crippen LogP contribution in [0.4, 0.5) is 17.6 Å². The fourth-order valence-corrected chi connectivity index (χ4v) is 4.80. The number of amides is 1. The van der Waals surface area contributed by atoms with Gasteiger partial charge in [0, 0.05) is 50.9 Å². The van der Waals surface area contributed by atoms with Crippen LogP contribution in [0.15, 0.2) is 42.6 Å². The second-order valence-corrected chi connectivity index (χ2v) is 9.45. The van der Waals surface area contributed by atoms with Crippen molar-refractivity contribution in [3.8, 4) is 0 Å². The van der Waals surface area contributed by atoms with Gasteiger partial charge in [-0.1, -0.05) is 12.1 Å². The minimum atomic E-state index is -0.0593. The van der Waals surface area contributed by atoms with E-state index in [0.29, 0.717) is 24.7 Å². The standard InChI is InChI=1S/C26H33N7O2/c1-32(2)24-21-5-3-4-6-22(21)30-26(31-24)29-20-10-8-19(9-11-20)28-25(34)18-7-12-23(27-17-18)33-13-15-35-16-14-33/h3-7,12,17,19-20H,8-11,13-16H2,1-2H3,(H,28,34)(H,29,30,31)/t19-,20+. The van der Waals surface area contributed by atoms with E-state index in [1.807, 2.05) is 55.4 Å². The molecule has 35 heavy (non-hydrogen) atoms. The normalized spacial score (nSPS) is 20.5. The minimum Gasteiger partial charge on any atom is -0.378 e. The molecule has 1 aromatic carbocycles. The fourth-order valence-electron chi connectivity index (χ4n) is 4.80. The summed E-state index contributed by atoms with van der Waals surface area (Å²) in [6.45, 7) is 3.09. The third-order valence-electron chi connectivity index (χ3n) is 6.75. The smallest absolute Gasteiger partial charge is 0.253 e. The van der Waals surface area contributed by atoms with Gasteiger partial charge in [0.15, 0.2) is 0 Å². The zero-order valence-corrected chi connectivity index (χ0v) is 20.4. The molecule has 1 amide bonds. The van der Waals surface area contributed by atoms with Crippen LogP contribution in [0.2, 0.25) is 0 Å². The summed E-state index contributed by atoms with van der Waals surface area (Å²) in [6.07, 6.45) is 5.40. The summed E-state index contributed by atoms with van der Waals surface area (Å²) in [5.41, 5.74) is 1.53. The van der Waals surface area contributed by atoms with Crippen LogP contribution < -0.4 is 20.4 Å². The third kappa shape index (κ3) is 5.45. The lowest BCUT2D eigenvalue weighted by molar-refractivity contribution is 0.0926. The summed E-state index contributed by atoms with van der Waals surface area (Å²) >= 11 is 0. The first kappa shape index (κ1) is 23.3. The molecule has 9 nitrogen and oxygen atoms in total. The zero-order valence-electron chi connectivity index (χ0n) is 20.4. The molecule has 9 heteroatoms. The van der Waals surface area contributed by atoms with E-state index in [1.54, 1.807) is 6.20 Å². The number of morpholine rings is 1. The second-order valence-electron chi connectivity index (χ2n) is 9.45. The van der Waals surface area contributed by atoms with Gasteiger partial charge < -0.3 is 25.2 Å². The Bertz CT molecular complexity index is 1150. The van der Waals surface area contributed by atoms with Gasteiger partial charge >= 0.3 is 0 Å². The molecule has 2 fully saturated rings. The maximum absolute atomic E-state index is 12.8. The lowest BCUT2D eigenvalue weighted by Crippen LogP contribution is -2.40. The highest BCUT2D eigenvalue weighted by atomic mass is 16.5. The van der Waals surface area contributed by atoms with Gasteiger partial charge in [0.1, 0.15) is 11.6 Å². The number of aromatic nitrogens is 3. The third-order valence-corrected chi connectivity index (χ3v) is 6.75. The lowest BCUT2D eigenvalue weighted by Gasteiger charge is -2.30. The highest BCUT2D eigenvalue weighted by molar-refractivity contribution is 5.94. The number of anilines is 3. The van der Waals surface area contributed by atoms with Crippen LogP contribution in [-0.4, -0.2) is 73.3 Å². The molecule has 2 aliphatic rings. The SMILES string of the molecule is CN(C)c1nc(N[C@H]2CC[C@@H](NC(=O)c3ccc(N4CCOCC4)nc3)CC2)nc2ccccc12. The van der Waals surface area contributed by atoms with Crippen LogP contribution in [-0.2, 0) is 4.74 Å². The van der Waals surface area contributed by atoms with Crippen LogP contribution in [0.1, 0.15) is 36.0 Å². The predicted octanol–water partition coefficient (Wildman–Crippen LogP) is 3.08. The van der Waals surface area contributed by atoms with Crippen molar-refractivity contribution in [2.24, 2.45) is 0 Å². The number of rotatable bonds is 6. The maximum Gasteiger partial charge on any atom is 0.253 e. The average molecular weight is 476 g/mol. The molecule has 0 unspecified atom stereocenters. The molecule has 5 rings (SSSR count). The molecule has 1 aliphatic carbocycles. The number of hydrogen-bond acceptors (Lipinski definition) is 8. The van der Waals surface area contributed by atoms with Gasteiger partial charge in [-0.3, -0.25) is 4.79 Å². The average Bonchev–Trinajstić information content (AvgIpc) is 2.90. The molecule has 0 atom stereocenters. The molecule has 2 aromatic heterocycles.